The Hall–Kier alpha value is -1.65. The van der Waals surface area contributed by atoms with Gasteiger partial charge < -0.3 is 9.88 Å². The van der Waals surface area contributed by atoms with Crippen LogP contribution in [-0.4, -0.2) is 41.1 Å². The van der Waals surface area contributed by atoms with Gasteiger partial charge in [0.1, 0.15) is 5.82 Å². The summed E-state index contributed by atoms with van der Waals surface area (Å²) >= 11 is 0. The van der Waals surface area contributed by atoms with Gasteiger partial charge in [-0.1, -0.05) is 36.8 Å². The molecule has 2 heterocycles. The molecule has 1 aromatic carbocycles. The molecule has 1 aliphatic rings. The zero-order valence-corrected chi connectivity index (χ0v) is 13.6. The molecule has 4 nitrogen and oxygen atoms in total. The molecule has 0 bridgehead atoms. The van der Waals surface area contributed by atoms with Gasteiger partial charge in [0.2, 0.25) is 0 Å². The maximum atomic E-state index is 4.69. The van der Waals surface area contributed by atoms with Crippen LogP contribution in [0.5, 0.6) is 0 Å². The highest BCUT2D eigenvalue weighted by molar-refractivity contribution is 5.55. The number of hydrogen-bond acceptors (Lipinski definition) is 3. The minimum Gasteiger partial charge on any atom is -0.330 e. The third-order valence-electron chi connectivity index (χ3n) is 4.63. The lowest BCUT2D eigenvalue weighted by atomic mass is 10.1. The molecule has 4 heteroatoms. The Morgan fingerprint density at radius 3 is 2.55 bits per heavy atom. The fraction of sp³-hybridized carbons (Fsp3) is 0.500. The summed E-state index contributed by atoms with van der Waals surface area (Å²) in [6.07, 6.45) is 6.04. The predicted molar refractivity (Wildman–Crippen MR) is 90.7 cm³/mol. The van der Waals surface area contributed by atoms with Gasteiger partial charge in [-0.3, -0.25) is 4.90 Å². The lowest BCUT2D eigenvalue weighted by Gasteiger charge is -2.34. The molecule has 2 aromatic rings. The van der Waals surface area contributed by atoms with Gasteiger partial charge in [-0.25, -0.2) is 4.98 Å². The van der Waals surface area contributed by atoms with Gasteiger partial charge in [0.25, 0.3) is 0 Å². The maximum Gasteiger partial charge on any atom is 0.139 e. The van der Waals surface area contributed by atoms with E-state index in [1.807, 2.05) is 13.1 Å². The minimum atomic E-state index is 0.403. The van der Waals surface area contributed by atoms with Gasteiger partial charge in [-0.15, -0.1) is 0 Å². The molecule has 1 fully saturated rings. The Labute approximate surface area is 133 Å². The summed E-state index contributed by atoms with van der Waals surface area (Å²) in [6.45, 7) is 3.35. The van der Waals surface area contributed by atoms with E-state index < -0.39 is 0 Å². The zero-order valence-electron chi connectivity index (χ0n) is 13.6. The number of rotatable bonds is 5. The van der Waals surface area contributed by atoms with Crippen LogP contribution in [0.3, 0.4) is 0 Å². The summed E-state index contributed by atoms with van der Waals surface area (Å²) in [4.78, 5) is 7.30. The molecular weight excluding hydrogens is 272 g/mol. The second-order valence-electron chi connectivity index (χ2n) is 6.10. The van der Waals surface area contributed by atoms with E-state index >= 15 is 0 Å². The maximum absolute atomic E-state index is 4.69. The number of likely N-dealkylation sites (N-methyl/N-ethyl adjacent to an activating group) is 1. The number of nitrogens with one attached hydrogen (secondary N) is 1. The SMILES string of the molecule is CNCC(c1cnc(-c2ccccc2)n1C)N1CCCCC1. The fourth-order valence-electron chi connectivity index (χ4n) is 3.43. The lowest BCUT2D eigenvalue weighted by molar-refractivity contribution is 0.157. The molecule has 118 valence electrons. The standard InChI is InChI=1S/C18H26N4/c1-19-13-17(22-11-7-4-8-12-22)16-14-20-18(21(16)2)15-9-5-3-6-10-15/h3,5-6,9-10,14,17,19H,4,7-8,11-13H2,1-2H3. The van der Waals surface area contributed by atoms with Gasteiger partial charge in [0.15, 0.2) is 0 Å². The second kappa shape index (κ2) is 7.07. The van der Waals surface area contributed by atoms with Crippen molar-refractivity contribution in [1.82, 2.24) is 19.8 Å². The third-order valence-corrected chi connectivity index (χ3v) is 4.63. The summed E-state index contributed by atoms with van der Waals surface area (Å²) < 4.78 is 2.26. The van der Waals surface area contributed by atoms with E-state index in [0.29, 0.717) is 6.04 Å². The first-order valence-electron chi connectivity index (χ1n) is 8.27. The molecule has 1 saturated heterocycles. The topological polar surface area (TPSA) is 33.1 Å². The van der Waals surface area contributed by atoms with Crippen molar-refractivity contribution in [2.75, 3.05) is 26.7 Å². The molecule has 0 aliphatic carbocycles. The Morgan fingerprint density at radius 1 is 1.14 bits per heavy atom. The number of nitrogens with zero attached hydrogens (tertiary/aromatic N) is 3. The average Bonchev–Trinajstić information content (AvgIpc) is 2.96. The van der Waals surface area contributed by atoms with Crippen LogP contribution in [0.1, 0.15) is 31.0 Å². The first-order valence-corrected chi connectivity index (χ1v) is 8.27. The van der Waals surface area contributed by atoms with Crippen LogP contribution in [0, 0.1) is 0 Å². The van der Waals surface area contributed by atoms with Crippen LogP contribution in [0.15, 0.2) is 36.5 Å². The zero-order chi connectivity index (χ0) is 15.4. The van der Waals surface area contributed by atoms with E-state index in [1.54, 1.807) is 0 Å². The first kappa shape index (κ1) is 15.3. The third kappa shape index (κ3) is 3.08. The van der Waals surface area contributed by atoms with Gasteiger partial charge in [0, 0.05) is 19.2 Å². The van der Waals surface area contributed by atoms with Crippen molar-refractivity contribution < 1.29 is 0 Å². The Bertz CT molecular complexity index is 584. The number of benzene rings is 1. The van der Waals surface area contributed by atoms with Crippen LogP contribution < -0.4 is 5.32 Å². The summed E-state index contributed by atoms with van der Waals surface area (Å²) in [5.74, 6) is 1.05. The van der Waals surface area contributed by atoms with E-state index in [1.165, 1.54) is 43.6 Å². The lowest BCUT2D eigenvalue weighted by Crippen LogP contribution is -2.39. The normalized spacial score (nSPS) is 17.5. The van der Waals surface area contributed by atoms with Gasteiger partial charge in [-0.05, 0) is 33.0 Å². The van der Waals surface area contributed by atoms with E-state index in [0.717, 1.165) is 12.4 Å². The molecule has 1 unspecified atom stereocenters. The predicted octanol–water partition coefficient (Wildman–Crippen LogP) is 2.83. The smallest absolute Gasteiger partial charge is 0.139 e. The van der Waals surface area contributed by atoms with Crippen molar-refractivity contribution in [3.05, 3.63) is 42.2 Å². The summed E-state index contributed by atoms with van der Waals surface area (Å²) in [5.41, 5.74) is 2.48. The van der Waals surface area contributed by atoms with Gasteiger partial charge in [-0.2, -0.15) is 0 Å². The summed E-state index contributed by atoms with van der Waals surface area (Å²) in [7, 11) is 4.17. The van der Waals surface area contributed by atoms with Gasteiger partial charge >= 0.3 is 0 Å². The molecule has 22 heavy (non-hydrogen) atoms. The van der Waals surface area contributed by atoms with Crippen LogP contribution in [0.4, 0.5) is 0 Å². The van der Waals surface area contributed by atoms with Crippen LogP contribution >= 0.6 is 0 Å². The average molecular weight is 298 g/mol. The summed E-state index contributed by atoms with van der Waals surface area (Å²) in [5, 5.41) is 3.36. The number of imidazole rings is 1. The Morgan fingerprint density at radius 2 is 1.86 bits per heavy atom. The second-order valence-corrected chi connectivity index (χ2v) is 6.10. The number of aromatic nitrogens is 2. The molecule has 0 amide bonds. The molecule has 0 spiro atoms. The monoisotopic (exact) mass is 298 g/mol. The molecule has 1 N–H and O–H groups in total. The molecule has 1 aliphatic heterocycles. The first-order chi connectivity index (χ1) is 10.8. The molecular formula is C18H26N4. The minimum absolute atomic E-state index is 0.403. The molecule has 0 saturated carbocycles. The largest absolute Gasteiger partial charge is 0.330 e. The van der Waals surface area contributed by atoms with Crippen molar-refractivity contribution in [2.45, 2.75) is 25.3 Å². The number of piperidine rings is 1. The highest BCUT2D eigenvalue weighted by Crippen LogP contribution is 2.27. The molecule has 1 aromatic heterocycles. The highest BCUT2D eigenvalue weighted by atomic mass is 15.2. The van der Waals surface area contributed by atoms with Gasteiger partial charge in [0.05, 0.1) is 17.9 Å². The quantitative estimate of drug-likeness (QED) is 0.921. The molecule has 3 rings (SSSR count). The number of likely N-dealkylation sites (tertiary alicyclic amines) is 1. The van der Waals surface area contributed by atoms with Crippen molar-refractivity contribution in [3.63, 3.8) is 0 Å². The van der Waals surface area contributed by atoms with Crippen LogP contribution in [0.25, 0.3) is 11.4 Å². The molecule has 1 atom stereocenters. The van der Waals surface area contributed by atoms with Crippen molar-refractivity contribution in [3.8, 4) is 11.4 Å². The van der Waals surface area contributed by atoms with Crippen LogP contribution in [0.2, 0.25) is 0 Å². The van der Waals surface area contributed by atoms with E-state index in [9.17, 15) is 0 Å². The van der Waals surface area contributed by atoms with Crippen molar-refractivity contribution in [2.24, 2.45) is 7.05 Å². The highest BCUT2D eigenvalue weighted by Gasteiger charge is 2.25. The summed E-state index contributed by atoms with van der Waals surface area (Å²) in [6, 6.07) is 10.8. The van der Waals surface area contributed by atoms with E-state index in [-0.39, 0.29) is 0 Å². The molecule has 0 radical (unpaired) electrons. The van der Waals surface area contributed by atoms with E-state index in [4.69, 9.17) is 4.98 Å². The van der Waals surface area contributed by atoms with Crippen molar-refractivity contribution >= 4 is 0 Å². The fourth-order valence-corrected chi connectivity index (χ4v) is 3.43. The van der Waals surface area contributed by atoms with Crippen molar-refractivity contribution in [1.29, 1.82) is 0 Å². The Balaban J connectivity index is 1.90. The number of hydrogen-bond donors (Lipinski definition) is 1. The Kier molecular flexibility index (Phi) is 4.90. The van der Waals surface area contributed by atoms with Crippen LogP contribution in [-0.2, 0) is 7.05 Å². The van der Waals surface area contributed by atoms with E-state index in [2.05, 4.69) is 52.3 Å².